The Morgan fingerprint density at radius 1 is 1.45 bits per heavy atom. The van der Waals surface area contributed by atoms with E-state index < -0.39 is 16.5 Å². The van der Waals surface area contributed by atoms with Gasteiger partial charge in [0.1, 0.15) is 5.69 Å². The molecular weight excluding hydrogens is 284 g/mol. The number of nitrogens with two attached hydrogens (primary N) is 1. The Labute approximate surface area is 118 Å². The molecule has 0 saturated heterocycles. The molecule has 7 nitrogen and oxygen atoms in total. The van der Waals surface area contributed by atoms with Gasteiger partial charge in [-0.15, -0.1) is 0 Å². The van der Waals surface area contributed by atoms with Crippen molar-refractivity contribution in [2.75, 3.05) is 11.1 Å². The van der Waals surface area contributed by atoms with Gasteiger partial charge in [-0.2, -0.15) is 0 Å². The number of hydrogen-bond donors (Lipinski definition) is 2. The molecule has 2 rings (SSSR count). The molecule has 1 heterocycles. The molecule has 0 spiro atoms. The number of nitrogen functional groups attached to an aromatic ring is 1. The van der Waals surface area contributed by atoms with Gasteiger partial charge in [-0.25, -0.2) is 0 Å². The summed E-state index contributed by atoms with van der Waals surface area (Å²) in [4.78, 5) is 26.0. The van der Waals surface area contributed by atoms with Crippen LogP contribution in [0.2, 0.25) is 5.02 Å². The first-order chi connectivity index (χ1) is 9.49. The highest BCUT2D eigenvalue weighted by Crippen LogP contribution is 2.31. The number of nitro benzene ring substituents is 1. The maximum absolute atomic E-state index is 12.0. The summed E-state index contributed by atoms with van der Waals surface area (Å²) in [5, 5.41) is 13.3. The van der Waals surface area contributed by atoms with Gasteiger partial charge in [0.2, 0.25) is 0 Å². The van der Waals surface area contributed by atoms with E-state index in [1.807, 2.05) is 0 Å². The minimum absolute atomic E-state index is 0.0414. The number of benzene rings is 1. The van der Waals surface area contributed by atoms with Gasteiger partial charge in [-0.05, 0) is 18.2 Å². The van der Waals surface area contributed by atoms with Gasteiger partial charge >= 0.3 is 0 Å². The fourth-order valence-corrected chi connectivity index (χ4v) is 1.74. The fraction of sp³-hybridized carbons (Fsp3) is 0. The van der Waals surface area contributed by atoms with Gasteiger partial charge in [0.25, 0.3) is 11.6 Å². The van der Waals surface area contributed by atoms with Crippen molar-refractivity contribution in [3.63, 3.8) is 0 Å². The number of carbonyl (C=O) groups excluding carboxylic acids is 1. The third-order valence-electron chi connectivity index (χ3n) is 2.49. The molecule has 3 N–H and O–H groups in total. The number of halogens is 1. The van der Waals surface area contributed by atoms with Crippen LogP contribution in [-0.4, -0.2) is 15.8 Å². The van der Waals surface area contributed by atoms with Crippen molar-refractivity contribution in [1.82, 2.24) is 4.98 Å². The lowest BCUT2D eigenvalue weighted by atomic mass is 10.1. The van der Waals surface area contributed by atoms with Crippen molar-refractivity contribution in [3.8, 4) is 0 Å². The molecule has 1 aromatic heterocycles. The van der Waals surface area contributed by atoms with E-state index in [9.17, 15) is 14.9 Å². The smallest absolute Gasteiger partial charge is 0.294 e. The summed E-state index contributed by atoms with van der Waals surface area (Å²) in [5.41, 5.74) is 5.42. The van der Waals surface area contributed by atoms with E-state index >= 15 is 0 Å². The zero-order valence-corrected chi connectivity index (χ0v) is 10.8. The number of nitrogens with one attached hydrogen (secondary N) is 1. The molecule has 0 atom stereocenters. The molecule has 0 aliphatic heterocycles. The molecule has 0 fully saturated rings. The Balaban J connectivity index is 2.33. The summed E-state index contributed by atoms with van der Waals surface area (Å²) in [6, 6.07) is 5.63. The van der Waals surface area contributed by atoms with Gasteiger partial charge < -0.3 is 11.1 Å². The first-order valence-electron chi connectivity index (χ1n) is 5.44. The average molecular weight is 293 g/mol. The molecule has 0 unspecified atom stereocenters. The Kier molecular flexibility index (Phi) is 3.81. The van der Waals surface area contributed by atoms with Crippen molar-refractivity contribution in [1.29, 1.82) is 0 Å². The number of aromatic nitrogens is 1. The summed E-state index contributed by atoms with van der Waals surface area (Å²) in [6.07, 6.45) is 3.01. The van der Waals surface area contributed by atoms with E-state index in [0.29, 0.717) is 5.69 Å². The molecule has 1 amide bonds. The zero-order chi connectivity index (χ0) is 14.7. The predicted octanol–water partition coefficient (Wildman–Crippen LogP) is 2.48. The fourth-order valence-electron chi connectivity index (χ4n) is 1.53. The van der Waals surface area contributed by atoms with Crippen LogP contribution in [0.25, 0.3) is 0 Å². The van der Waals surface area contributed by atoms with Crippen molar-refractivity contribution < 1.29 is 9.72 Å². The van der Waals surface area contributed by atoms with Crippen LogP contribution in [0.3, 0.4) is 0 Å². The van der Waals surface area contributed by atoms with E-state index in [4.69, 9.17) is 17.3 Å². The molecule has 0 saturated carbocycles. The largest absolute Gasteiger partial charge is 0.392 e. The van der Waals surface area contributed by atoms with Crippen LogP contribution in [0.1, 0.15) is 10.4 Å². The summed E-state index contributed by atoms with van der Waals surface area (Å²) < 4.78 is 0. The highest BCUT2D eigenvalue weighted by molar-refractivity contribution is 6.34. The number of nitrogens with zero attached hydrogens (tertiary/aromatic N) is 2. The van der Waals surface area contributed by atoms with Gasteiger partial charge in [0, 0.05) is 17.8 Å². The van der Waals surface area contributed by atoms with Gasteiger partial charge in [0.05, 0.1) is 21.8 Å². The van der Waals surface area contributed by atoms with Crippen LogP contribution in [0.5, 0.6) is 0 Å². The van der Waals surface area contributed by atoms with Crippen molar-refractivity contribution >= 4 is 34.6 Å². The highest BCUT2D eigenvalue weighted by Gasteiger charge is 2.19. The highest BCUT2D eigenvalue weighted by atomic mass is 35.5. The molecule has 0 aliphatic rings. The van der Waals surface area contributed by atoms with Crippen LogP contribution < -0.4 is 11.1 Å². The van der Waals surface area contributed by atoms with Crippen LogP contribution in [0.4, 0.5) is 17.1 Å². The SMILES string of the molecule is Nc1c(Cl)cc(C(=O)Nc2cccnc2)cc1[N+](=O)[O-]. The van der Waals surface area contributed by atoms with E-state index in [2.05, 4.69) is 10.3 Å². The molecular formula is C12H9ClN4O3. The Hall–Kier alpha value is -2.67. The van der Waals surface area contributed by atoms with E-state index in [1.165, 1.54) is 12.3 Å². The summed E-state index contributed by atoms with van der Waals surface area (Å²) in [5.74, 6) is -0.539. The van der Waals surface area contributed by atoms with Crippen LogP contribution in [0, 0.1) is 10.1 Å². The predicted molar refractivity (Wildman–Crippen MR) is 74.7 cm³/mol. The number of carbonyl (C=O) groups is 1. The number of pyridine rings is 1. The molecule has 1 aromatic carbocycles. The monoisotopic (exact) mass is 292 g/mol. The number of anilines is 2. The lowest BCUT2D eigenvalue weighted by molar-refractivity contribution is -0.383. The van der Waals surface area contributed by atoms with Gasteiger partial charge in [-0.1, -0.05) is 11.6 Å². The second-order valence-corrected chi connectivity index (χ2v) is 4.25. The topological polar surface area (TPSA) is 111 Å². The van der Waals surface area contributed by atoms with Crippen LogP contribution >= 0.6 is 11.6 Å². The maximum Gasteiger partial charge on any atom is 0.294 e. The standard InChI is InChI=1S/C12H9ClN4O3/c13-9-4-7(5-10(11(9)14)17(19)20)12(18)16-8-2-1-3-15-6-8/h1-6H,14H2,(H,16,18). The lowest BCUT2D eigenvalue weighted by Gasteiger charge is -2.06. The van der Waals surface area contributed by atoms with Gasteiger partial charge in [0.15, 0.2) is 0 Å². The Bertz CT molecular complexity index is 676. The van der Waals surface area contributed by atoms with E-state index in [-0.39, 0.29) is 16.3 Å². The normalized spacial score (nSPS) is 10.1. The number of nitro groups is 1. The quantitative estimate of drug-likeness (QED) is 0.513. The first-order valence-corrected chi connectivity index (χ1v) is 5.81. The Morgan fingerprint density at radius 3 is 2.80 bits per heavy atom. The zero-order valence-electron chi connectivity index (χ0n) is 10.0. The van der Waals surface area contributed by atoms with Crippen molar-refractivity contribution in [3.05, 3.63) is 57.4 Å². The third kappa shape index (κ3) is 2.83. The van der Waals surface area contributed by atoms with Crippen molar-refractivity contribution in [2.45, 2.75) is 0 Å². The summed E-state index contributed by atoms with van der Waals surface area (Å²) in [7, 11) is 0. The second-order valence-electron chi connectivity index (χ2n) is 3.84. The van der Waals surface area contributed by atoms with Gasteiger partial charge in [-0.3, -0.25) is 19.9 Å². The Morgan fingerprint density at radius 2 is 2.20 bits per heavy atom. The number of hydrogen-bond acceptors (Lipinski definition) is 5. The molecule has 20 heavy (non-hydrogen) atoms. The molecule has 0 radical (unpaired) electrons. The number of amides is 1. The molecule has 8 heteroatoms. The molecule has 102 valence electrons. The van der Waals surface area contributed by atoms with E-state index in [1.54, 1.807) is 18.3 Å². The lowest BCUT2D eigenvalue weighted by Crippen LogP contribution is -2.13. The first kappa shape index (κ1) is 13.8. The van der Waals surface area contributed by atoms with E-state index in [0.717, 1.165) is 6.07 Å². The summed E-state index contributed by atoms with van der Waals surface area (Å²) in [6.45, 7) is 0. The summed E-state index contributed by atoms with van der Waals surface area (Å²) >= 11 is 5.79. The third-order valence-corrected chi connectivity index (χ3v) is 2.80. The minimum atomic E-state index is -0.692. The minimum Gasteiger partial charge on any atom is -0.392 e. The average Bonchev–Trinajstić information content (AvgIpc) is 2.42. The molecule has 0 bridgehead atoms. The van der Waals surface area contributed by atoms with Crippen LogP contribution in [-0.2, 0) is 0 Å². The van der Waals surface area contributed by atoms with Crippen LogP contribution in [0.15, 0.2) is 36.7 Å². The maximum atomic E-state index is 12.0. The second kappa shape index (κ2) is 5.54. The molecule has 0 aliphatic carbocycles. The molecule has 2 aromatic rings. The van der Waals surface area contributed by atoms with Crippen molar-refractivity contribution in [2.24, 2.45) is 0 Å². The number of rotatable bonds is 3.